The Hall–Kier alpha value is -17.0. The molecule has 1 atom stereocenters. The summed E-state index contributed by atoms with van der Waals surface area (Å²) in [6, 6.07) is 113. The van der Waals surface area contributed by atoms with Gasteiger partial charge in [-0.05, 0) is 183 Å². The zero-order valence-corrected chi connectivity index (χ0v) is 77.5. The standard InChI is InChI=1S/C18H14N2.C17H14N2O.C17H12N2.C16H13F2N3.C16H14N2.C15H11BrN2O2S.C15H13N3/c1-12-5-4-7-14-15(11-19-18(12)14)17-10-9-13-6-2-3-8-16(13)20-17;1-12(20)14-6-2-4-8-16(14)18-10-13-11-19-17-9-5-3-7-15(13)17;1-3-7-15-12(5-1)9-10-17(19-15)14-11-18-16-8-4-2-6-13(14)16;1-16(17,18)12-7-3-5-9-14(12)20-21-15-10-19-13-8-4-2-6-11(13)15;1-3-7-14-11(5-1)9-16(18-14)13-10-17-15-8-4-2-6-12(13)15;1-8-2-4-10(12(19)6-8)14(20)18-15-17-11-5-3-9(16)7-13(11)21-15;1-11-5-4-6-12(9-11)17-18-15-10-16-14-8-3-2-7-13(14)15/h2*2-11,19H,1H3;1-11,18H;2-10,19H,1H3;1-8,10,16-18H,9H2;2-7,19H,1H3,(H,17,18,20);2-10,16H,1H3/t;;;;16-;;/m....1../s1. The van der Waals surface area contributed by atoms with Crippen molar-refractivity contribution in [3.8, 4) is 28.3 Å². The van der Waals surface area contributed by atoms with Gasteiger partial charge in [-0.15, -0.1) is 15.3 Å². The van der Waals surface area contributed by atoms with Gasteiger partial charge in [0, 0.05) is 164 Å². The second-order valence-corrected chi connectivity index (χ2v) is 34.8. The minimum atomic E-state index is -2.95. The van der Waals surface area contributed by atoms with Gasteiger partial charge in [0.15, 0.2) is 10.9 Å². The number of H-pyrrole nitrogens is 6. The van der Waals surface area contributed by atoms with Gasteiger partial charge in [0.25, 0.3) is 11.8 Å². The smallest absolute Gasteiger partial charge is 0.272 e. The molecule has 24 rings (SSSR count). The summed E-state index contributed by atoms with van der Waals surface area (Å²) in [6.45, 7) is 8.43. The van der Waals surface area contributed by atoms with Crippen molar-refractivity contribution in [2.24, 2.45) is 25.4 Å². The Morgan fingerprint density at radius 2 is 0.978 bits per heavy atom. The Kier molecular flexibility index (Phi) is 27.4. The lowest BCUT2D eigenvalue weighted by molar-refractivity contribution is 0.0180. The molecule has 137 heavy (non-hydrogen) atoms. The molecule has 1 aliphatic rings. The van der Waals surface area contributed by atoms with Crippen LogP contribution in [-0.4, -0.2) is 67.9 Å². The number of aromatic amines is 6. The number of amides is 1. The number of aromatic hydroxyl groups is 1. The second kappa shape index (κ2) is 41.4. The molecule has 19 nitrogen and oxygen atoms in total. The zero-order valence-electron chi connectivity index (χ0n) is 75.1. The lowest BCUT2D eigenvalue weighted by Gasteiger charge is -2.11. The Morgan fingerprint density at radius 3 is 1.65 bits per heavy atom. The summed E-state index contributed by atoms with van der Waals surface area (Å²) in [5.74, 6) is -3.32. The normalized spacial score (nSPS) is 12.2. The molecular weight excluding hydrogens is 1790 g/mol. The number of anilines is 2. The minimum Gasteiger partial charge on any atom is -0.507 e. The molecule has 10 heterocycles. The van der Waals surface area contributed by atoms with Crippen molar-refractivity contribution in [1.82, 2.24) is 44.9 Å². The number of aryl methyl sites for hydroxylation is 3. The number of phenols is 1. The zero-order chi connectivity index (χ0) is 94.3. The second-order valence-electron chi connectivity index (χ2n) is 32.9. The molecule has 1 amide bonds. The number of hydrogen-bond donors (Lipinski definition) is 9. The van der Waals surface area contributed by atoms with E-state index in [-0.39, 0.29) is 34.3 Å². The number of carbonyl (C=O) groups excluding carboxylic acids is 2. The predicted octanol–water partition coefficient (Wildman–Crippen LogP) is 32.0. The number of alkyl halides is 2. The van der Waals surface area contributed by atoms with Crippen LogP contribution in [0.1, 0.15) is 79.5 Å². The van der Waals surface area contributed by atoms with Crippen LogP contribution in [0.25, 0.3) is 120 Å². The molecule has 0 spiro atoms. The maximum Gasteiger partial charge on any atom is 0.272 e. The Morgan fingerprint density at radius 1 is 0.453 bits per heavy atom. The summed E-state index contributed by atoms with van der Waals surface area (Å²) in [7, 11) is 0. The molecular formula is C114H91BrF2N16O3S. The van der Waals surface area contributed by atoms with Gasteiger partial charge >= 0.3 is 0 Å². The number of para-hydroxylation sites is 10. The Balaban J connectivity index is 0.000000106. The van der Waals surface area contributed by atoms with E-state index in [4.69, 9.17) is 9.97 Å². The molecule has 23 aromatic rings. The number of pyridine rings is 2. The van der Waals surface area contributed by atoms with E-state index in [0.717, 1.165) is 122 Å². The van der Waals surface area contributed by atoms with E-state index in [9.17, 15) is 23.5 Å². The SMILES string of the molecule is CC(=O)c1ccccc1N=Cc1c[nH]c2ccccc12.CC(F)(F)c1ccccc1N=Nc1c[nH]c2ccccc12.Cc1ccc(C(=O)Nc2nc3ccc(Br)cc3s2)c(O)c1.Cc1cccc(N=Nc2c[nH]c3ccccc23)c1.Cc1cccc2c(-c3ccc4ccccc4n3)c[nH]c12.c1ccc2c(c1)C[C@H](c1c[nH]c3ccccc13)N2.c1ccc2nc(-c3c[nH]c4ccccc34)ccc2c1. The third kappa shape index (κ3) is 21.4. The number of aromatic nitrogens is 9. The molecule has 14 aromatic carbocycles. The fraction of sp³-hybridized carbons (Fsp3) is 0.0702. The number of azo groups is 2. The van der Waals surface area contributed by atoms with Gasteiger partial charge in [0.05, 0.1) is 61.3 Å². The highest BCUT2D eigenvalue weighted by atomic mass is 79.9. The van der Waals surface area contributed by atoms with Crippen molar-refractivity contribution in [1.29, 1.82) is 0 Å². The predicted molar refractivity (Wildman–Crippen MR) is 560 cm³/mol. The Labute approximate surface area is 799 Å². The highest BCUT2D eigenvalue weighted by Crippen LogP contribution is 2.41. The largest absolute Gasteiger partial charge is 0.507 e. The van der Waals surface area contributed by atoms with Gasteiger partial charge in [-0.2, -0.15) is 5.11 Å². The average Bonchev–Trinajstić information content (AvgIpc) is 1.62. The van der Waals surface area contributed by atoms with Gasteiger partial charge in [0.1, 0.15) is 17.1 Å². The Bertz CT molecular complexity index is 8380. The van der Waals surface area contributed by atoms with Crippen LogP contribution in [0.3, 0.4) is 0 Å². The van der Waals surface area contributed by atoms with Crippen molar-refractivity contribution >= 4 is 182 Å². The molecule has 0 saturated carbocycles. The number of rotatable bonds is 13. The lowest BCUT2D eigenvalue weighted by Crippen LogP contribution is -2.11. The number of fused-ring (bicyclic) bond motifs is 10. The molecule has 0 unspecified atom stereocenters. The fourth-order valence-corrected chi connectivity index (χ4v) is 17.8. The first kappa shape index (κ1) is 90.5. The van der Waals surface area contributed by atoms with E-state index in [1.54, 1.807) is 55.7 Å². The average molecular weight is 1880 g/mol. The maximum atomic E-state index is 13.5. The molecule has 0 aliphatic carbocycles. The summed E-state index contributed by atoms with van der Waals surface area (Å²) in [6.07, 6.45) is 14.6. The molecule has 672 valence electrons. The van der Waals surface area contributed by atoms with Gasteiger partial charge in [0.2, 0.25) is 0 Å². The van der Waals surface area contributed by atoms with Crippen LogP contribution >= 0.6 is 27.3 Å². The molecule has 0 bridgehead atoms. The molecule has 0 fully saturated rings. The number of nitrogens with one attached hydrogen (secondary N) is 8. The number of Topliss-reactive ketones (excluding diaryl/α,β-unsaturated/α-hetero) is 1. The van der Waals surface area contributed by atoms with Crippen molar-refractivity contribution in [3.63, 3.8) is 0 Å². The van der Waals surface area contributed by atoms with E-state index in [0.29, 0.717) is 28.1 Å². The number of ketones is 1. The van der Waals surface area contributed by atoms with Crippen LogP contribution in [0, 0.1) is 20.8 Å². The summed E-state index contributed by atoms with van der Waals surface area (Å²) >= 11 is 4.79. The van der Waals surface area contributed by atoms with Crippen LogP contribution in [0.4, 0.5) is 48.0 Å². The molecule has 1 aliphatic heterocycles. The van der Waals surface area contributed by atoms with Crippen molar-refractivity contribution in [2.45, 2.75) is 53.0 Å². The fourth-order valence-electron chi connectivity index (χ4n) is 16.4. The number of nitrogens with zero attached hydrogens (tertiary/aromatic N) is 8. The monoisotopic (exact) mass is 1880 g/mol. The first-order valence-corrected chi connectivity index (χ1v) is 46.1. The quantitative estimate of drug-likeness (QED) is 0.0306. The molecule has 0 radical (unpaired) electrons. The highest BCUT2D eigenvalue weighted by Gasteiger charge is 2.28. The molecule has 0 saturated heterocycles. The lowest BCUT2D eigenvalue weighted by atomic mass is 10.0. The summed E-state index contributed by atoms with van der Waals surface area (Å²) in [4.78, 5) is 61.5. The molecule has 9 N–H and O–H groups in total. The van der Waals surface area contributed by atoms with Crippen LogP contribution in [-0.2, 0) is 12.3 Å². The third-order valence-corrected chi connectivity index (χ3v) is 24.7. The van der Waals surface area contributed by atoms with Crippen molar-refractivity contribution < 1.29 is 23.5 Å². The van der Waals surface area contributed by atoms with Crippen LogP contribution in [0.15, 0.2) is 413 Å². The summed E-state index contributed by atoms with van der Waals surface area (Å²) < 4.78 is 29.0. The number of hydrogen-bond acceptors (Lipinski definition) is 13. The first-order chi connectivity index (χ1) is 66.8. The van der Waals surface area contributed by atoms with Crippen molar-refractivity contribution in [2.75, 3.05) is 10.6 Å². The topological polar surface area (TPSA) is 274 Å². The van der Waals surface area contributed by atoms with E-state index < -0.39 is 5.92 Å². The molecule has 23 heteroatoms. The first-order valence-electron chi connectivity index (χ1n) is 44.5. The number of aliphatic imine (C=N–C) groups is 1. The third-order valence-electron chi connectivity index (χ3n) is 23.3. The van der Waals surface area contributed by atoms with Gasteiger partial charge in [-0.3, -0.25) is 19.9 Å². The van der Waals surface area contributed by atoms with Crippen LogP contribution in [0.5, 0.6) is 5.75 Å². The van der Waals surface area contributed by atoms with E-state index in [1.807, 2.05) is 202 Å². The van der Waals surface area contributed by atoms with Gasteiger partial charge in [-0.25, -0.2) is 23.7 Å². The molecule has 9 aromatic heterocycles. The van der Waals surface area contributed by atoms with Gasteiger partial charge in [-0.1, -0.05) is 252 Å². The number of thiazole rings is 1. The van der Waals surface area contributed by atoms with Crippen LogP contribution in [0.2, 0.25) is 0 Å². The van der Waals surface area contributed by atoms with Crippen molar-refractivity contribution in [3.05, 3.63) is 438 Å². The minimum absolute atomic E-state index is 0.0247. The summed E-state index contributed by atoms with van der Waals surface area (Å²) in [5.41, 5.74) is 26.3. The maximum absolute atomic E-state index is 13.5. The number of phenolic OH excluding ortho intramolecular Hbond substituents is 1. The highest BCUT2D eigenvalue weighted by molar-refractivity contribution is 9.10. The summed E-state index contributed by atoms with van der Waals surface area (Å²) in [5, 5.41) is 42.6. The van der Waals surface area contributed by atoms with E-state index in [1.165, 1.54) is 89.4 Å². The van der Waals surface area contributed by atoms with Gasteiger partial charge < -0.3 is 40.3 Å². The van der Waals surface area contributed by atoms with Crippen LogP contribution < -0.4 is 10.6 Å². The van der Waals surface area contributed by atoms with E-state index in [2.05, 4.69) is 234 Å². The number of benzene rings is 14. The number of carbonyl (C=O) groups is 2. The van der Waals surface area contributed by atoms with E-state index >= 15 is 0 Å². The number of halogens is 3.